The van der Waals surface area contributed by atoms with Crippen molar-refractivity contribution in [3.8, 4) is 11.8 Å². The fraction of sp³-hybridized carbons (Fsp3) is 0.348. The van der Waals surface area contributed by atoms with E-state index in [4.69, 9.17) is 10.00 Å². The Kier molecular flexibility index (Phi) is 6.70. The number of hydrogen-bond acceptors (Lipinski definition) is 5. The fourth-order valence-electron chi connectivity index (χ4n) is 3.49. The first-order chi connectivity index (χ1) is 14.5. The topological polar surface area (TPSA) is 111 Å². The minimum atomic E-state index is -0.749. The number of carboxylic acids is 1. The summed E-state index contributed by atoms with van der Waals surface area (Å²) in [5.74, 6) is -0.563. The van der Waals surface area contributed by atoms with Crippen molar-refractivity contribution in [2.75, 3.05) is 25.5 Å². The molecule has 1 saturated carbocycles. The van der Waals surface area contributed by atoms with Crippen LogP contribution in [0, 0.1) is 11.3 Å². The maximum Gasteiger partial charge on any atom is 0.314 e. The smallest absolute Gasteiger partial charge is 0.314 e. The summed E-state index contributed by atoms with van der Waals surface area (Å²) in [6.07, 6.45) is 2.42. The third kappa shape index (κ3) is 4.78. The van der Waals surface area contributed by atoms with E-state index in [9.17, 15) is 14.7 Å². The molecular weight excluding hydrogens is 382 g/mol. The van der Waals surface area contributed by atoms with Crippen molar-refractivity contribution in [2.45, 2.75) is 31.1 Å². The molecule has 0 unspecified atom stereocenters. The number of amides is 1. The van der Waals surface area contributed by atoms with Crippen LogP contribution in [-0.4, -0.2) is 37.2 Å². The Morgan fingerprint density at radius 2 is 1.97 bits per heavy atom. The number of aliphatic carboxylic acids is 1. The van der Waals surface area contributed by atoms with Gasteiger partial charge < -0.3 is 20.5 Å². The predicted molar refractivity (Wildman–Crippen MR) is 113 cm³/mol. The molecule has 0 heterocycles. The second-order valence-electron chi connectivity index (χ2n) is 7.38. The molecule has 1 aliphatic rings. The predicted octanol–water partition coefficient (Wildman–Crippen LogP) is 2.84. The quantitative estimate of drug-likeness (QED) is 0.522. The molecule has 0 atom stereocenters. The summed E-state index contributed by atoms with van der Waals surface area (Å²) in [6, 6.07) is 14.8. The van der Waals surface area contributed by atoms with E-state index in [0.29, 0.717) is 42.9 Å². The zero-order chi connectivity index (χ0) is 21.6. The average Bonchev–Trinajstić information content (AvgIpc) is 3.56. The molecule has 2 aromatic rings. The van der Waals surface area contributed by atoms with Crippen LogP contribution in [0.1, 0.15) is 36.0 Å². The van der Waals surface area contributed by atoms with Crippen LogP contribution in [0.25, 0.3) is 0 Å². The summed E-state index contributed by atoms with van der Waals surface area (Å²) >= 11 is 0. The highest BCUT2D eigenvalue weighted by atomic mass is 16.5. The molecule has 0 saturated heterocycles. The van der Waals surface area contributed by atoms with Crippen molar-refractivity contribution < 1.29 is 19.4 Å². The average molecular weight is 407 g/mol. The van der Waals surface area contributed by atoms with Gasteiger partial charge >= 0.3 is 5.97 Å². The van der Waals surface area contributed by atoms with Crippen LogP contribution in [0.2, 0.25) is 0 Å². The van der Waals surface area contributed by atoms with Gasteiger partial charge in [0.2, 0.25) is 5.91 Å². The number of carbonyl (C=O) groups is 2. The number of hydrogen-bond donors (Lipinski definition) is 3. The van der Waals surface area contributed by atoms with Crippen LogP contribution in [0.15, 0.2) is 42.5 Å². The van der Waals surface area contributed by atoms with Gasteiger partial charge in [-0.2, -0.15) is 5.26 Å². The number of ether oxygens (including phenoxy) is 1. The highest BCUT2D eigenvalue weighted by Crippen LogP contribution is 2.48. The van der Waals surface area contributed by atoms with Crippen molar-refractivity contribution in [1.82, 2.24) is 5.32 Å². The van der Waals surface area contributed by atoms with Crippen molar-refractivity contribution in [1.29, 1.82) is 5.26 Å². The summed E-state index contributed by atoms with van der Waals surface area (Å²) in [5, 5.41) is 24.6. The Labute approximate surface area is 175 Å². The van der Waals surface area contributed by atoms with Gasteiger partial charge in [-0.3, -0.25) is 9.59 Å². The number of benzene rings is 2. The van der Waals surface area contributed by atoms with Gasteiger partial charge in [0.25, 0.3) is 0 Å². The number of nitriles is 1. The third-order valence-electron chi connectivity index (χ3n) is 5.37. The lowest BCUT2D eigenvalue weighted by molar-refractivity contribution is -0.140. The Bertz CT molecular complexity index is 977. The van der Waals surface area contributed by atoms with Gasteiger partial charge in [0, 0.05) is 13.0 Å². The molecule has 1 aliphatic carbocycles. The molecule has 0 aromatic heterocycles. The summed E-state index contributed by atoms with van der Waals surface area (Å²) in [6.45, 7) is 1.19. The molecule has 7 nitrogen and oxygen atoms in total. The monoisotopic (exact) mass is 407 g/mol. The Morgan fingerprint density at radius 3 is 2.63 bits per heavy atom. The zero-order valence-corrected chi connectivity index (χ0v) is 16.9. The van der Waals surface area contributed by atoms with E-state index in [-0.39, 0.29) is 12.3 Å². The first kappa shape index (κ1) is 21.3. The fourth-order valence-corrected chi connectivity index (χ4v) is 3.49. The van der Waals surface area contributed by atoms with Crippen LogP contribution >= 0.6 is 0 Å². The second-order valence-corrected chi connectivity index (χ2v) is 7.38. The first-order valence-electron chi connectivity index (χ1n) is 9.90. The molecule has 0 aliphatic heterocycles. The highest BCUT2D eigenvalue weighted by molar-refractivity contribution is 5.93. The summed E-state index contributed by atoms with van der Waals surface area (Å²) in [4.78, 5) is 23.7. The first-order valence-corrected chi connectivity index (χ1v) is 9.90. The standard InChI is InChI=1S/C23H25N3O4/c1-30-21-17(15-24)5-3-7-19(21)26-20(27)9-13-25-12-8-16-4-2-6-18(14-16)23(10-11-23)22(28)29/h2-7,14,25H,8-13H2,1H3,(H,26,27)(H,28,29). The summed E-state index contributed by atoms with van der Waals surface area (Å²) < 4.78 is 5.22. The lowest BCUT2D eigenvalue weighted by Crippen LogP contribution is -2.24. The molecule has 156 valence electrons. The highest BCUT2D eigenvalue weighted by Gasteiger charge is 2.51. The Balaban J connectivity index is 1.44. The molecule has 3 rings (SSSR count). The molecule has 3 N–H and O–H groups in total. The van der Waals surface area contributed by atoms with Crippen LogP contribution in [0.3, 0.4) is 0 Å². The number of carboxylic acid groups (broad SMARTS) is 1. The lowest BCUT2D eigenvalue weighted by Gasteiger charge is -2.12. The van der Waals surface area contributed by atoms with Gasteiger partial charge in [-0.15, -0.1) is 0 Å². The van der Waals surface area contributed by atoms with Crippen molar-refractivity contribution in [3.63, 3.8) is 0 Å². The van der Waals surface area contributed by atoms with E-state index in [1.807, 2.05) is 30.3 Å². The van der Waals surface area contributed by atoms with E-state index < -0.39 is 11.4 Å². The van der Waals surface area contributed by atoms with Crippen LogP contribution in [0.4, 0.5) is 5.69 Å². The van der Waals surface area contributed by atoms with E-state index in [0.717, 1.165) is 17.5 Å². The van der Waals surface area contributed by atoms with Crippen LogP contribution in [-0.2, 0) is 21.4 Å². The molecule has 2 aromatic carbocycles. The molecule has 0 spiro atoms. The number of nitrogens with zero attached hydrogens (tertiary/aromatic N) is 1. The van der Waals surface area contributed by atoms with Crippen molar-refractivity contribution >= 4 is 17.6 Å². The number of nitrogens with one attached hydrogen (secondary N) is 2. The minimum absolute atomic E-state index is 0.171. The molecule has 1 fully saturated rings. The maximum atomic E-state index is 12.2. The number of methoxy groups -OCH3 is 1. The number of carbonyl (C=O) groups excluding carboxylic acids is 1. The van der Waals surface area contributed by atoms with Crippen LogP contribution in [0.5, 0.6) is 5.75 Å². The van der Waals surface area contributed by atoms with Gasteiger partial charge in [0.1, 0.15) is 6.07 Å². The van der Waals surface area contributed by atoms with Gasteiger partial charge in [-0.25, -0.2) is 0 Å². The van der Waals surface area contributed by atoms with Gasteiger partial charge in [-0.05, 0) is 49.1 Å². The zero-order valence-electron chi connectivity index (χ0n) is 16.9. The molecule has 7 heteroatoms. The minimum Gasteiger partial charge on any atom is -0.493 e. The van der Waals surface area contributed by atoms with E-state index in [2.05, 4.69) is 10.6 Å². The second kappa shape index (κ2) is 9.42. The Hall–Kier alpha value is -3.37. The third-order valence-corrected chi connectivity index (χ3v) is 5.37. The van der Waals surface area contributed by atoms with Gasteiger partial charge in [0.15, 0.2) is 5.75 Å². The molecule has 30 heavy (non-hydrogen) atoms. The molecular formula is C23H25N3O4. The molecule has 0 radical (unpaired) electrons. The Morgan fingerprint density at radius 1 is 1.20 bits per heavy atom. The largest absolute Gasteiger partial charge is 0.493 e. The van der Waals surface area contributed by atoms with Gasteiger partial charge in [-0.1, -0.05) is 30.3 Å². The molecule has 0 bridgehead atoms. The lowest BCUT2D eigenvalue weighted by atomic mass is 9.94. The van der Waals surface area contributed by atoms with Gasteiger partial charge in [0.05, 0.1) is 23.8 Å². The maximum absolute atomic E-state index is 12.2. The number of para-hydroxylation sites is 1. The SMILES string of the molecule is COc1c(C#N)cccc1NC(=O)CCNCCc1cccc(C2(C(=O)O)CC2)c1. The van der Waals surface area contributed by atoms with Crippen molar-refractivity contribution in [3.05, 3.63) is 59.2 Å². The summed E-state index contributed by atoms with van der Waals surface area (Å²) in [7, 11) is 1.46. The van der Waals surface area contributed by atoms with E-state index in [1.54, 1.807) is 18.2 Å². The van der Waals surface area contributed by atoms with E-state index >= 15 is 0 Å². The van der Waals surface area contributed by atoms with Crippen molar-refractivity contribution in [2.24, 2.45) is 0 Å². The normalized spacial score (nSPS) is 13.9. The number of rotatable bonds is 10. The van der Waals surface area contributed by atoms with E-state index in [1.165, 1.54) is 7.11 Å². The van der Waals surface area contributed by atoms with Crippen LogP contribution < -0.4 is 15.4 Å². The summed E-state index contributed by atoms with van der Waals surface area (Å²) in [5.41, 5.74) is 2.11. The molecule has 1 amide bonds. The number of anilines is 1.